The zero-order chi connectivity index (χ0) is 43.9. The molecular formula is C42H48N2O15. The van der Waals surface area contributed by atoms with Crippen LogP contribution >= 0.6 is 0 Å². The topological polar surface area (TPSA) is 227 Å². The monoisotopic (exact) mass is 820 g/mol. The summed E-state index contributed by atoms with van der Waals surface area (Å²) in [5.74, 6) is -10.1. The minimum Gasteiger partial charge on any atom is -0.458 e. The molecule has 0 saturated heterocycles. The van der Waals surface area contributed by atoms with Gasteiger partial charge in [0.05, 0.1) is 17.0 Å². The normalized spacial score (nSPS) is 29.5. The van der Waals surface area contributed by atoms with Gasteiger partial charge in [0.2, 0.25) is 0 Å². The lowest BCUT2D eigenvalue weighted by Crippen LogP contribution is -2.57. The highest BCUT2D eigenvalue weighted by Crippen LogP contribution is 2.54. The highest BCUT2D eigenvalue weighted by molar-refractivity contribution is 5.94. The molecule has 0 spiro atoms. The van der Waals surface area contributed by atoms with Gasteiger partial charge in [-0.2, -0.15) is 0 Å². The van der Waals surface area contributed by atoms with Crippen molar-refractivity contribution in [3.05, 3.63) is 84.5 Å². The molecule has 0 radical (unpaired) electrons. The van der Waals surface area contributed by atoms with Crippen molar-refractivity contribution in [1.82, 2.24) is 9.97 Å². The fourth-order valence-electron chi connectivity index (χ4n) is 7.72. The number of ether oxygens (including phenoxy) is 7. The largest absolute Gasteiger partial charge is 0.458 e. The second-order valence-corrected chi connectivity index (χ2v) is 14.9. The number of aromatic nitrogens is 2. The van der Waals surface area contributed by atoms with Crippen molar-refractivity contribution in [2.24, 2.45) is 11.8 Å². The fraction of sp³-hybridized carbons (Fsp3) is 0.476. The molecule has 59 heavy (non-hydrogen) atoms. The van der Waals surface area contributed by atoms with Crippen LogP contribution in [-0.2, 0) is 61.9 Å². The summed E-state index contributed by atoms with van der Waals surface area (Å²) in [7, 11) is 0. The molecule has 2 heterocycles. The van der Waals surface area contributed by atoms with Crippen molar-refractivity contribution in [3.8, 4) is 0 Å². The average molecular weight is 821 g/mol. The summed E-state index contributed by atoms with van der Waals surface area (Å²) in [5, 5.41) is 0. The van der Waals surface area contributed by atoms with E-state index in [1.165, 1.54) is 82.0 Å². The Labute approximate surface area is 340 Å². The average Bonchev–Trinajstić information content (AvgIpc) is 3.37. The molecule has 17 nitrogen and oxygen atoms in total. The molecule has 0 amide bonds. The van der Waals surface area contributed by atoms with E-state index in [9.17, 15) is 33.6 Å². The molecule has 17 heteroatoms. The lowest BCUT2D eigenvalue weighted by Gasteiger charge is -2.42. The van der Waals surface area contributed by atoms with Crippen molar-refractivity contribution in [2.75, 3.05) is 0 Å². The number of carbonyl (C=O) groups excluding carboxylic acids is 8. The van der Waals surface area contributed by atoms with Crippen LogP contribution in [0, 0.1) is 11.8 Å². The first-order valence-corrected chi connectivity index (χ1v) is 18.7. The van der Waals surface area contributed by atoms with Gasteiger partial charge in [-0.1, -0.05) is 25.7 Å². The highest BCUT2D eigenvalue weighted by Gasteiger charge is 2.72. The van der Waals surface area contributed by atoms with E-state index < -0.39 is 113 Å². The number of allylic oxidation sites excluding steroid dienone is 1. The SMILES string of the molecule is C=C1[C@H](OC(C)=O)C[C@@H](OC(=O)c2cccnc2)[C@](C)(OC(C)=O)CC=C[C@@H](C)C(=O)[C@@]2(OC(C)=O)C[C@@](C)(OC(=O)c3cccnc3)[C@H](OC(C)=O)[C@@H]2[C@H]1OC(C)=O. The Morgan fingerprint density at radius 3 is 1.78 bits per heavy atom. The first-order valence-electron chi connectivity index (χ1n) is 18.7. The van der Waals surface area contributed by atoms with Crippen LogP contribution in [0.4, 0.5) is 0 Å². The number of pyridine rings is 2. The van der Waals surface area contributed by atoms with E-state index >= 15 is 4.79 Å². The van der Waals surface area contributed by atoms with E-state index in [2.05, 4.69) is 16.5 Å². The smallest absolute Gasteiger partial charge is 0.340 e. The van der Waals surface area contributed by atoms with E-state index in [0.717, 1.165) is 34.6 Å². The molecule has 4 rings (SSSR count). The molecule has 2 aliphatic rings. The maximum absolute atomic E-state index is 15.1. The number of hydrogen-bond donors (Lipinski definition) is 0. The van der Waals surface area contributed by atoms with E-state index in [1.54, 1.807) is 0 Å². The van der Waals surface area contributed by atoms with Gasteiger partial charge in [0.1, 0.15) is 23.9 Å². The summed E-state index contributed by atoms with van der Waals surface area (Å²) in [4.78, 5) is 115. The number of carbonyl (C=O) groups is 8. The Morgan fingerprint density at radius 2 is 1.27 bits per heavy atom. The summed E-state index contributed by atoms with van der Waals surface area (Å²) in [6.45, 7) is 13.8. The van der Waals surface area contributed by atoms with Crippen LogP contribution in [0.25, 0.3) is 0 Å². The van der Waals surface area contributed by atoms with E-state index in [1.807, 2.05) is 0 Å². The van der Waals surface area contributed by atoms with Gasteiger partial charge in [-0.25, -0.2) is 9.59 Å². The van der Waals surface area contributed by atoms with Crippen LogP contribution in [0.3, 0.4) is 0 Å². The van der Waals surface area contributed by atoms with Crippen LogP contribution in [0.5, 0.6) is 0 Å². The molecule has 2 aromatic heterocycles. The van der Waals surface area contributed by atoms with Crippen molar-refractivity contribution < 1.29 is 71.5 Å². The molecule has 316 valence electrons. The van der Waals surface area contributed by atoms with Crippen LogP contribution in [-0.4, -0.2) is 98.8 Å². The maximum atomic E-state index is 15.1. The molecule has 1 saturated carbocycles. The standard InChI is InChI=1S/C42H48N2O15/c1-23-13-10-16-40(8,57-28(6)48)33(56-38(51)30-14-11-17-43-20-30)19-32(53-25(3)45)24(2)35(54-26(4)46)34-37(55-27(5)47)41(9,22-42(34,36(23)50)58-29(7)49)59-39(52)31-15-12-18-44-21-31/h10-15,17-18,20-21,23,32-35,37H,2,16,19,22H2,1,3-9H3/t23-,32-,33-,34+,35+,37-,40-,41-,42-/m1/s1. The summed E-state index contributed by atoms with van der Waals surface area (Å²) in [5.41, 5.74) is -6.38. The molecule has 2 aromatic rings. The van der Waals surface area contributed by atoms with E-state index in [-0.39, 0.29) is 23.1 Å². The third-order valence-electron chi connectivity index (χ3n) is 10.0. The van der Waals surface area contributed by atoms with Crippen LogP contribution in [0.1, 0.15) is 95.4 Å². The fourth-order valence-corrected chi connectivity index (χ4v) is 7.72. The first kappa shape index (κ1) is 45.4. The van der Waals surface area contributed by atoms with Gasteiger partial charge in [-0.3, -0.25) is 38.7 Å². The Hall–Kier alpha value is -6.26. The minimum atomic E-state index is -2.41. The van der Waals surface area contributed by atoms with Gasteiger partial charge in [0, 0.05) is 90.2 Å². The Kier molecular flexibility index (Phi) is 14.3. The highest BCUT2D eigenvalue weighted by atomic mass is 16.6. The molecule has 9 atom stereocenters. The number of rotatable bonds is 9. The predicted octanol–water partition coefficient (Wildman–Crippen LogP) is 4.17. The van der Waals surface area contributed by atoms with Gasteiger partial charge >= 0.3 is 41.8 Å². The Bertz CT molecular complexity index is 2000. The number of ketones is 1. The second-order valence-electron chi connectivity index (χ2n) is 14.9. The van der Waals surface area contributed by atoms with E-state index in [0.29, 0.717) is 0 Å². The number of esters is 7. The van der Waals surface area contributed by atoms with Crippen molar-refractivity contribution >= 4 is 47.6 Å². The number of Topliss-reactive ketones (excluding diaryl/α,β-unsaturated/α-hetero) is 1. The molecule has 0 N–H and O–H groups in total. The zero-order valence-electron chi connectivity index (χ0n) is 34.1. The summed E-state index contributed by atoms with van der Waals surface area (Å²) in [6.07, 6.45) is 0.330. The molecule has 0 bridgehead atoms. The Balaban J connectivity index is 2.06. The van der Waals surface area contributed by atoms with Gasteiger partial charge in [0.25, 0.3) is 0 Å². The quantitative estimate of drug-likeness (QED) is 0.196. The summed E-state index contributed by atoms with van der Waals surface area (Å²) < 4.78 is 41.5. The van der Waals surface area contributed by atoms with Crippen LogP contribution in [0.15, 0.2) is 73.4 Å². The third-order valence-corrected chi connectivity index (χ3v) is 10.0. The van der Waals surface area contributed by atoms with Gasteiger partial charge in [-0.15, -0.1) is 0 Å². The zero-order valence-corrected chi connectivity index (χ0v) is 34.1. The number of nitrogens with zero attached hydrogens (tertiary/aromatic N) is 2. The molecule has 1 fully saturated rings. The lowest BCUT2D eigenvalue weighted by atomic mass is 9.75. The first-order chi connectivity index (χ1) is 27.6. The molecule has 0 unspecified atom stereocenters. The minimum absolute atomic E-state index is 0.0137. The van der Waals surface area contributed by atoms with Gasteiger partial charge in [0.15, 0.2) is 23.1 Å². The van der Waals surface area contributed by atoms with Gasteiger partial charge < -0.3 is 33.2 Å². The van der Waals surface area contributed by atoms with Crippen molar-refractivity contribution in [3.63, 3.8) is 0 Å². The van der Waals surface area contributed by atoms with Crippen molar-refractivity contribution in [1.29, 1.82) is 0 Å². The van der Waals surface area contributed by atoms with Crippen LogP contribution < -0.4 is 0 Å². The molecule has 0 aliphatic heterocycles. The number of hydrogen-bond acceptors (Lipinski definition) is 17. The molecule has 2 aliphatic carbocycles. The Morgan fingerprint density at radius 1 is 0.712 bits per heavy atom. The predicted molar refractivity (Wildman–Crippen MR) is 203 cm³/mol. The third kappa shape index (κ3) is 10.6. The van der Waals surface area contributed by atoms with E-state index in [4.69, 9.17) is 33.2 Å². The maximum Gasteiger partial charge on any atom is 0.340 e. The second kappa shape index (κ2) is 18.6. The van der Waals surface area contributed by atoms with Crippen LogP contribution in [0.2, 0.25) is 0 Å². The summed E-state index contributed by atoms with van der Waals surface area (Å²) >= 11 is 0. The lowest BCUT2D eigenvalue weighted by molar-refractivity contribution is -0.187. The molecule has 0 aromatic carbocycles. The van der Waals surface area contributed by atoms with Crippen molar-refractivity contribution in [2.45, 2.75) is 116 Å². The molecular weight excluding hydrogens is 772 g/mol. The summed E-state index contributed by atoms with van der Waals surface area (Å²) in [6, 6.07) is 5.83. The van der Waals surface area contributed by atoms with Gasteiger partial charge in [-0.05, 0) is 38.1 Å². The number of fused-ring (bicyclic) bond motifs is 1.